The molecule has 34 heavy (non-hydrogen) atoms. The molecule has 0 aliphatic carbocycles. The predicted molar refractivity (Wildman–Crippen MR) is 134 cm³/mol. The van der Waals surface area contributed by atoms with E-state index in [4.69, 9.17) is 21.1 Å². The monoisotopic (exact) mass is 486 g/mol. The van der Waals surface area contributed by atoms with Crippen molar-refractivity contribution in [3.05, 3.63) is 70.2 Å². The van der Waals surface area contributed by atoms with Crippen molar-refractivity contribution in [2.45, 2.75) is 45.8 Å². The van der Waals surface area contributed by atoms with E-state index in [1.165, 1.54) is 5.56 Å². The van der Waals surface area contributed by atoms with Crippen molar-refractivity contribution >= 4 is 23.5 Å². The lowest BCUT2D eigenvalue weighted by atomic mass is 10.1. The van der Waals surface area contributed by atoms with Gasteiger partial charge < -0.3 is 14.4 Å². The fourth-order valence-corrected chi connectivity index (χ4v) is 4.25. The third-order valence-corrected chi connectivity index (χ3v) is 6.25. The highest BCUT2D eigenvalue weighted by molar-refractivity contribution is 6.30. The fraction of sp³-hybridized carbons (Fsp3) is 0.481. The Bertz CT molecular complexity index is 926. The summed E-state index contributed by atoms with van der Waals surface area (Å²) in [5.41, 5.74) is 3.46. The second-order valence-electron chi connectivity index (χ2n) is 8.68. The van der Waals surface area contributed by atoms with Gasteiger partial charge in [-0.15, -0.1) is 0 Å². The molecule has 1 amide bonds. The van der Waals surface area contributed by atoms with Crippen molar-refractivity contribution in [3.63, 3.8) is 0 Å². The zero-order chi connectivity index (χ0) is 24.3. The molecule has 1 fully saturated rings. The smallest absolute Gasteiger partial charge is 0.305 e. The van der Waals surface area contributed by atoms with Gasteiger partial charge in [-0.1, -0.05) is 53.6 Å². The summed E-state index contributed by atoms with van der Waals surface area (Å²) in [6.45, 7) is 8.48. The molecule has 1 atom stereocenters. The summed E-state index contributed by atoms with van der Waals surface area (Å²) in [5.74, 6) is -0.132. The molecule has 1 heterocycles. The number of piperazine rings is 1. The van der Waals surface area contributed by atoms with Gasteiger partial charge in [-0.3, -0.25) is 14.5 Å². The molecule has 7 heteroatoms. The topological polar surface area (TPSA) is 59.1 Å². The van der Waals surface area contributed by atoms with Crippen LogP contribution in [-0.4, -0.2) is 61.0 Å². The van der Waals surface area contributed by atoms with Gasteiger partial charge >= 0.3 is 5.97 Å². The van der Waals surface area contributed by atoms with E-state index in [1.54, 1.807) is 6.92 Å². The molecule has 1 aliphatic heterocycles. The van der Waals surface area contributed by atoms with Crippen LogP contribution in [0.4, 0.5) is 0 Å². The maximum Gasteiger partial charge on any atom is 0.305 e. The first kappa shape index (κ1) is 26.2. The molecule has 3 rings (SSSR count). The third kappa shape index (κ3) is 8.42. The normalized spacial score (nSPS) is 15.2. The first-order valence-electron chi connectivity index (χ1n) is 12.0. The fourth-order valence-electron chi connectivity index (χ4n) is 4.12. The molecule has 1 aliphatic rings. The van der Waals surface area contributed by atoms with Crippen LogP contribution in [0.15, 0.2) is 48.5 Å². The average Bonchev–Trinajstić information content (AvgIpc) is 2.83. The summed E-state index contributed by atoms with van der Waals surface area (Å²) in [7, 11) is 0. The highest BCUT2D eigenvalue weighted by Gasteiger charge is 2.24. The predicted octanol–water partition coefficient (Wildman–Crippen LogP) is 4.78. The quantitative estimate of drug-likeness (QED) is 0.428. The van der Waals surface area contributed by atoms with Crippen LogP contribution in [0.3, 0.4) is 0 Å². The van der Waals surface area contributed by atoms with Crippen LogP contribution in [0.2, 0.25) is 5.02 Å². The minimum absolute atomic E-state index is 0.0930. The van der Waals surface area contributed by atoms with Crippen LogP contribution >= 0.6 is 11.6 Å². The molecule has 1 unspecified atom stereocenters. The van der Waals surface area contributed by atoms with Crippen molar-refractivity contribution in [1.29, 1.82) is 0 Å². The Kier molecular flexibility index (Phi) is 10.4. The van der Waals surface area contributed by atoms with Crippen LogP contribution in [0.1, 0.15) is 49.0 Å². The number of nitrogens with zero attached hydrogens (tertiary/aromatic N) is 2. The van der Waals surface area contributed by atoms with Crippen LogP contribution in [0.25, 0.3) is 0 Å². The molecule has 6 nitrogen and oxygen atoms in total. The maximum absolute atomic E-state index is 12.5. The largest absolute Gasteiger partial charge is 0.466 e. The lowest BCUT2D eigenvalue weighted by molar-refractivity contribution is -0.143. The Morgan fingerprint density at radius 2 is 1.76 bits per heavy atom. The molecular weight excluding hydrogens is 452 g/mol. The van der Waals surface area contributed by atoms with Crippen molar-refractivity contribution in [2.24, 2.45) is 0 Å². The van der Waals surface area contributed by atoms with Crippen molar-refractivity contribution in [2.75, 3.05) is 39.3 Å². The maximum atomic E-state index is 12.5. The summed E-state index contributed by atoms with van der Waals surface area (Å²) in [6, 6.07) is 16.2. The standard InChI is InChI=1S/C27H35ClN2O4/c1-3-33-27(32)9-5-8-26(31)30-16-14-29(15-17-30)19-25(23-10-12-24(28)13-11-23)34-20-22-7-4-6-21(2)18-22/h4,6-7,10-13,18,25H,3,5,8-9,14-17,19-20H2,1-2H3. The Balaban J connectivity index is 1.51. The summed E-state index contributed by atoms with van der Waals surface area (Å²) in [5, 5.41) is 0.705. The SMILES string of the molecule is CCOC(=O)CCCC(=O)N1CCN(CC(OCc2cccc(C)c2)c2ccc(Cl)cc2)CC1. The Morgan fingerprint density at radius 1 is 1.03 bits per heavy atom. The molecule has 0 radical (unpaired) electrons. The van der Waals surface area contributed by atoms with E-state index in [0.29, 0.717) is 50.6 Å². The lowest BCUT2D eigenvalue weighted by Crippen LogP contribution is -2.49. The molecular formula is C27H35ClN2O4. The number of carbonyl (C=O) groups excluding carboxylic acids is 2. The van der Waals surface area contributed by atoms with E-state index in [0.717, 1.165) is 30.8 Å². The van der Waals surface area contributed by atoms with E-state index < -0.39 is 0 Å². The first-order chi connectivity index (χ1) is 16.4. The summed E-state index contributed by atoms with van der Waals surface area (Å²) < 4.78 is 11.3. The van der Waals surface area contributed by atoms with Crippen molar-refractivity contribution in [1.82, 2.24) is 9.80 Å². The number of halogens is 1. The second kappa shape index (κ2) is 13.5. The van der Waals surface area contributed by atoms with E-state index in [-0.39, 0.29) is 18.0 Å². The molecule has 0 aromatic heterocycles. The van der Waals surface area contributed by atoms with E-state index >= 15 is 0 Å². The Hall–Kier alpha value is -2.41. The number of carbonyl (C=O) groups is 2. The van der Waals surface area contributed by atoms with Gasteiger partial charge in [0.2, 0.25) is 5.91 Å². The number of ether oxygens (including phenoxy) is 2. The van der Waals surface area contributed by atoms with Gasteiger partial charge in [0.05, 0.1) is 19.3 Å². The van der Waals surface area contributed by atoms with Crippen LogP contribution in [-0.2, 0) is 25.7 Å². The minimum Gasteiger partial charge on any atom is -0.466 e. The van der Waals surface area contributed by atoms with Gasteiger partial charge in [-0.05, 0) is 43.5 Å². The summed E-state index contributed by atoms with van der Waals surface area (Å²) >= 11 is 6.10. The number of rotatable bonds is 11. The van der Waals surface area contributed by atoms with Gasteiger partial charge in [-0.2, -0.15) is 0 Å². The Labute approximate surface area is 207 Å². The van der Waals surface area contributed by atoms with Gasteiger partial charge in [0.1, 0.15) is 0 Å². The number of esters is 1. The number of hydrogen-bond donors (Lipinski definition) is 0. The van der Waals surface area contributed by atoms with Gasteiger partial charge in [0.15, 0.2) is 0 Å². The van der Waals surface area contributed by atoms with Gasteiger partial charge in [0.25, 0.3) is 0 Å². The Morgan fingerprint density at radius 3 is 2.44 bits per heavy atom. The van der Waals surface area contributed by atoms with Gasteiger partial charge in [0, 0.05) is 50.6 Å². The van der Waals surface area contributed by atoms with E-state index in [2.05, 4.69) is 30.0 Å². The number of amides is 1. The molecule has 184 valence electrons. The third-order valence-electron chi connectivity index (χ3n) is 6.00. The molecule has 0 N–H and O–H groups in total. The number of aryl methyl sites for hydroxylation is 1. The van der Waals surface area contributed by atoms with Crippen LogP contribution in [0, 0.1) is 6.92 Å². The molecule has 1 saturated heterocycles. The van der Waals surface area contributed by atoms with E-state index in [1.807, 2.05) is 35.2 Å². The van der Waals surface area contributed by atoms with Crippen molar-refractivity contribution < 1.29 is 19.1 Å². The molecule has 0 saturated carbocycles. The molecule has 0 bridgehead atoms. The van der Waals surface area contributed by atoms with Crippen molar-refractivity contribution in [3.8, 4) is 0 Å². The van der Waals surface area contributed by atoms with Crippen LogP contribution in [0.5, 0.6) is 0 Å². The minimum atomic E-state index is -0.237. The zero-order valence-corrected chi connectivity index (χ0v) is 20.9. The average molecular weight is 487 g/mol. The van der Waals surface area contributed by atoms with Crippen LogP contribution < -0.4 is 0 Å². The highest BCUT2D eigenvalue weighted by atomic mass is 35.5. The molecule has 0 spiro atoms. The lowest BCUT2D eigenvalue weighted by Gasteiger charge is -2.36. The first-order valence-corrected chi connectivity index (χ1v) is 12.4. The highest BCUT2D eigenvalue weighted by Crippen LogP contribution is 2.23. The second-order valence-corrected chi connectivity index (χ2v) is 9.12. The van der Waals surface area contributed by atoms with Gasteiger partial charge in [-0.25, -0.2) is 0 Å². The summed E-state index contributed by atoms with van der Waals surface area (Å²) in [4.78, 5) is 28.2. The molecule has 2 aromatic rings. The summed E-state index contributed by atoms with van der Waals surface area (Å²) in [6.07, 6.45) is 1.11. The zero-order valence-electron chi connectivity index (χ0n) is 20.2. The number of benzene rings is 2. The van der Waals surface area contributed by atoms with E-state index in [9.17, 15) is 9.59 Å². The molecule has 2 aromatic carbocycles. The number of hydrogen-bond acceptors (Lipinski definition) is 5.